The molecule has 0 fully saturated rings. The van der Waals surface area contributed by atoms with Crippen LogP contribution < -0.4 is 5.73 Å². The van der Waals surface area contributed by atoms with E-state index in [2.05, 4.69) is 22.3 Å². The second kappa shape index (κ2) is 3.42. The van der Waals surface area contributed by atoms with Crippen LogP contribution in [0.2, 0.25) is 0 Å². The summed E-state index contributed by atoms with van der Waals surface area (Å²) in [6.07, 6.45) is 4.33. The maximum Gasteiger partial charge on any atom is 0.213 e. The molecule has 1 aliphatic carbocycles. The summed E-state index contributed by atoms with van der Waals surface area (Å²) in [5, 5.41) is 3.90. The summed E-state index contributed by atoms with van der Waals surface area (Å²) in [4.78, 5) is 4.11. The second-order valence-electron chi connectivity index (χ2n) is 4.24. The lowest BCUT2D eigenvalue weighted by atomic mass is 9.77. The number of nitrogens with two attached hydrogens (primary N) is 1. The van der Waals surface area contributed by atoms with Crippen LogP contribution in [0.1, 0.15) is 29.8 Å². The molecule has 82 valence electrons. The Bertz CT molecular complexity index is 495. The van der Waals surface area contributed by atoms with Crippen molar-refractivity contribution in [2.75, 3.05) is 0 Å². The molecule has 2 aromatic rings. The molecule has 1 aromatic carbocycles. The Labute approximate surface area is 93.5 Å². The molecule has 1 aromatic heterocycles. The summed E-state index contributed by atoms with van der Waals surface area (Å²) in [6, 6.07) is 8.23. The number of nitrogens with zero attached hydrogens (tertiary/aromatic N) is 2. The van der Waals surface area contributed by atoms with E-state index in [0.29, 0.717) is 5.82 Å². The van der Waals surface area contributed by atoms with Crippen LogP contribution in [0.15, 0.2) is 35.2 Å². The molecule has 0 amide bonds. The Balaban J connectivity index is 2.17. The van der Waals surface area contributed by atoms with Gasteiger partial charge in [-0.2, -0.15) is 4.98 Å². The fraction of sp³-hybridized carbons (Fsp3) is 0.333. The number of hydrogen-bond acceptors (Lipinski definition) is 4. The number of aryl methyl sites for hydroxylation is 1. The molecule has 1 heterocycles. The molecular weight excluding hydrogens is 202 g/mol. The topological polar surface area (TPSA) is 64.9 Å². The quantitative estimate of drug-likeness (QED) is 0.784. The standard InChI is InChI=1S/C12H13N3O/c13-12(11-14-8-16-15-11)7-3-5-9-4-1-2-6-10(9)12/h1-2,4,6,8H,3,5,7,13H2. The van der Waals surface area contributed by atoms with Crippen LogP contribution in [0.5, 0.6) is 0 Å². The summed E-state index contributed by atoms with van der Waals surface area (Å²) >= 11 is 0. The van der Waals surface area contributed by atoms with Crippen LogP contribution in [0, 0.1) is 0 Å². The Kier molecular flexibility index (Phi) is 2.04. The number of benzene rings is 1. The van der Waals surface area contributed by atoms with E-state index in [4.69, 9.17) is 10.3 Å². The van der Waals surface area contributed by atoms with Crippen LogP contribution in [0.4, 0.5) is 0 Å². The summed E-state index contributed by atoms with van der Waals surface area (Å²) < 4.78 is 4.81. The molecule has 0 saturated heterocycles. The fourth-order valence-electron chi connectivity index (χ4n) is 2.47. The van der Waals surface area contributed by atoms with Gasteiger partial charge in [0.1, 0.15) is 5.54 Å². The molecule has 0 saturated carbocycles. The van der Waals surface area contributed by atoms with Crippen molar-refractivity contribution >= 4 is 0 Å². The van der Waals surface area contributed by atoms with E-state index >= 15 is 0 Å². The molecule has 4 heteroatoms. The third-order valence-electron chi connectivity index (χ3n) is 3.28. The van der Waals surface area contributed by atoms with Crippen molar-refractivity contribution in [1.82, 2.24) is 10.1 Å². The first-order valence-electron chi connectivity index (χ1n) is 5.45. The zero-order valence-electron chi connectivity index (χ0n) is 8.89. The third-order valence-corrected chi connectivity index (χ3v) is 3.28. The smallest absolute Gasteiger partial charge is 0.213 e. The van der Waals surface area contributed by atoms with Gasteiger partial charge in [0.2, 0.25) is 6.39 Å². The van der Waals surface area contributed by atoms with Gasteiger partial charge in [-0.15, -0.1) is 0 Å². The van der Waals surface area contributed by atoms with Gasteiger partial charge < -0.3 is 10.3 Å². The minimum Gasteiger partial charge on any atom is -0.343 e. The molecular formula is C12H13N3O. The monoisotopic (exact) mass is 215 g/mol. The minimum atomic E-state index is -0.582. The lowest BCUT2D eigenvalue weighted by Gasteiger charge is -2.32. The zero-order valence-corrected chi connectivity index (χ0v) is 8.89. The minimum absolute atomic E-state index is 0.582. The number of rotatable bonds is 1. The van der Waals surface area contributed by atoms with Crippen LogP contribution in [-0.4, -0.2) is 10.1 Å². The lowest BCUT2D eigenvalue weighted by molar-refractivity contribution is 0.366. The third kappa shape index (κ3) is 1.27. The van der Waals surface area contributed by atoms with Crippen molar-refractivity contribution in [2.24, 2.45) is 5.73 Å². The van der Waals surface area contributed by atoms with Gasteiger partial charge >= 0.3 is 0 Å². The zero-order chi connectivity index (χ0) is 11.0. The van der Waals surface area contributed by atoms with Gasteiger partial charge in [-0.3, -0.25) is 0 Å². The van der Waals surface area contributed by atoms with E-state index < -0.39 is 5.54 Å². The molecule has 1 aliphatic rings. The van der Waals surface area contributed by atoms with Crippen LogP contribution >= 0.6 is 0 Å². The fourth-order valence-corrected chi connectivity index (χ4v) is 2.47. The van der Waals surface area contributed by atoms with Gasteiger partial charge in [0.25, 0.3) is 0 Å². The van der Waals surface area contributed by atoms with E-state index in [-0.39, 0.29) is 0 Å². The highest BCUT2D eigenvalue weighted by molar-refractivity contribution is 5.40. The molecule has 0 spiro atoms. The van der Waals surface area contributed by atoms with Gasteiger partial charge in [0.15, 0.2) is 5.82 Å². The predicted octanol–water partition coefficient (Wildman–Crippen LogP) is 1.61. The van der Waals surface area contributed by atoms with Gasteiger partial charge in [0, 0.05) is 0 Å². The summed E-state index contributed by atoms with van der Waals surface area (Å²) in [7, 11) is 0. The van der Waals surface area contributed by atoms with Crippen molar-refractivity contribution in [3.05, 3.63) is 47.6 Å². The van der Waals surface area contributed by atoms with E-state index in [1.54, 1.807) is 0 Å². The average molecular weight is 215 g/mol. The summed E-state index contributed by atoms with van der Waals surface area (Å²) in [5.74, 6) is 0.583. The van der Waals surface area contributed by atoms with Crippen molar-refractivity contribution in [1.29, 1.82) is 0 Å². The first kappa shape index (κ1) is 9.54. The van der Waals surface area contributed by atoms with Crippen molar-refractivity contribution < 1.29 is 4.52 Å². The summed E-state index contributed by atoms with van der Waals surface area (Å²) in [5.41, 5.74) is 8.29. The Morgan fingerprint density at radius 3 is 3.00 bits per heavy atom. The molecule has 0 radical (unpaired) electrons. The molecule has 2 N–H and O–H groups in total. The second-order valence-corrected chi connectivity index (χ2v) is 4.24. The van der Waals surface area contributed by atoms with E-state index in [9.17, 15) is 0 Å². The maximum atomic E-state index is 6.45. The Hall–Kier alpha value is -1.68. The first-order chi connectivity index (χ1) is 7.81. The van der Waals surface area contributed by atoms with Gasteiger partial charge in [-0.05, 0) is 30.4 Å². The molecule has 1 atom stereocenters. The summed E-state index contributed by atoms with van der Waals surface area (Å²) in [6.45, 7) is 0. The van der Waals surface area contributed by atoms with Gasteiger partial charge in [-0.25, -0.2) is 0 Å². The molecule has 16 heavy (non-hydrogen) atoms. The number of fused-ring (bicyclic) bond motifs is 1. The van der Waals surface area contributed by atoms with Crippen LogP contribution in [-0.2, 0) is 12.0 Å². The molecule has 4 nitrogen and oxygen atoms in total. The SMILES string of the molecule is NC1(c2ncon2)CCCc2ccccc21. The Morgan fingerprint density at radius 1 is 1.31 bits per heavy atom. The van der Waals surface area contributed by atoms with Gasteiger partial charge in [0.05, 0.1) is 0 Å². The van der Waals surface area contributed by atoms with Crippen LogP contribution in [0.25, 0.3) is 0 Å². The normalized spacial score (nSPS) is 24.1. The Morgan fingerprint density at radius 2 is 2.19 bits per heavy atom. The highest BCUT2D eigenvalue weighted by Gasteiger charge is 2.37. The molecule has 0 aliphatic heterocycles. The van der Waals surface area contributed by atoms with E-state index in [0.717, 1.165) is 24.8 Å². The highest BCUT2D eigenvalue weighted by atomic mass is 16.5. The van der Waals surface area contributed by atoms with E-state index in [1.165, 1.54) is 12.0 Å². The lowest BCUT2D eigenvalue weighted by Crippen LogP contribution is -2.42. The largest absolute Gasteiger partial charge is 0.343 e. The molecule has 1 unspecified atom stereocenters. The molecule has 3 rings (SSSR count). The average Bonchev–Trinajstić information content (AvgIpc) is 2.84. The molecule has 0 bridgehead atoms. The number of hydrogen-bond donors (Lipinski definition) is 1. The van der Waals surface area contributed by atoms with Crippen molar-refractivity contribution in [3.8, 4) is 0 Å². The predicted molar refractivity (Wildman–Crippen MR) is 58.6 cm³/mol. The number of aromatic nitrogens is 2. The van der Waals surface area contributed by atoms with Gasteiger partial charge in [-0.1, -0.05) is 29.4 Å². The van der Waals surface area contributed by atoms with Crippen LogP contribution in [0.3, 0.4) is 0 Å². The van der Waals surface area contributed by atoms with Crippen molar-refractivity contribution in [2.45, 2.75) is 24.8 Å². The maximum absolute atomic E-state index is 6.45. The highest BCUT2D eigenvalue weighted by Crippen LogP contribution is 2.36. The first-order valence-corrected chi connectivity index (χ1v) is 5.45. The van der Waals surface area contributed by atoms with E-state index in [1.807, 2.05) is 12.1 Å². The van der Waals surface area contributed by atoms with Crippen molar-refractivity contribution in [3.63, 3.8) is 0 Å².